The van der Waals surface area contributed by atoms with E-state index in [4.69, 9.17) is 4.74 Å². The molecule has 190 valence electrons. The lowest BCUT2D eigenvalue weighted by molar-refractivity contribution is -0.167. The van der Waals surface area contributed by atoms with Gasteiger partial charge in [0.2, 0.25) is 5.91 Å². The Morgan fingerprint density at radius 2 is 1.61 bits per heavy atom. The third-order valence-electron chi connectivity index (χ3n) is 7.45. The van der Waals surface area contributed by atoms with Crippen molar-refractivity contribution in [1.82, 2.24) is 20.0 Å². The van der Waals surface area contributed by atoms with E-state index < -0.39 is 36.0 Å². The molecule has 10 heteroatoms. The van der Waals surface area contributed by atoms with Gasteiger partial charge in [0.25, 0.3) is 0 Å². The second kappa shape index (κ2) is 10.1. The standard InChI is InChI=1S/C26H30N4O6/c31-23-21(15-17-7-9-27-10-8-17)22(24(32)33)30(23)25(34)28-11-13-29(14-12-28)26(35)36-20-6-5-18-3-1-2-4-19(18)16-20/h1-6,16-17,21-22,27H,7-15H2,(H,32,33)/t21-,22+/m1/s1. The molecule has 3 aliphatic heterocycles. The van der Waals surface area contributed by atoms with Crippen LogP contribution in [-0.2, 0) is 9.59 Å². The molecule has 10 nitrogen and oxygen atoms in total. The Morgan fingerprint density at radius 1 is 0.944 bits per heavy atom. The topological polar surface area (TPSA) is 119 Å². The lowest BCUT2D eigenvalue weighted by Crippen LogP contribution is -2.69. The van der Waals surface area contributed by atoms with Crippen LogP contribution in [0.15, 0.2) is 42.5 Å². The number of urea groups is 1. The molecule has 3 heterocycles. The highest BCUT2D eigenvalue weighted by atomic mass is 16.6. The van der Waals surface area contributed by atoms with Gasteiger partial charge in [0.1, 0.15) is 5.75 Å². The molecule has 5 rings (SSSR count). The zero-order valence-corrected chi connectivity index (χ0v) is 20.0. The lowest BCUT2D eigenvalue weighted by Gasteiger charge is -2.47. The molecule has 2 aromatic rings. The number of carboxylic acid groups (broad SMARTS) is 1. The Kier molecular flexibility index (Phi) is 6.77. The number of amides is 4. The number of hydrogen-bond acceptors (Lipinski definition) is 6. The van der Waals surface area contributed by atoms with Crippen molar-refractivity contribution in [2.45, 2.75) is 25.3 Å². The van der Waals surface area contributed by atoms with Crippen molar-refractivity contribution in [3.05, 3.63) is 42.5 Å². The van der Waals surface area contributed by atoms with Crippen LogP contribution in [0.1, 0.15) is 19.3 Å². The molecule has 0 aliphatic carbocycles. The van der Waals surface area contributed by atoms with Gasteiger partial charge in [-0.2, -0.15) is 0 Å². The van der Waals surface area contributed by atoms with Gasteiger partial charge >= 0.3 is 18.1 Å². The smallest absolute Gasteiger partial charge is 0.415 e. The highest BCUT2D eigenvalue weighted by molar-refractivity contribution is 6.07. The van der Waals surface area contributed by atoms with Crippen molar-refractivity contribution in [2.24, 2.45) is 11.8 Å². The molecule has 0 aromatic heterocycles. The normalized spacial score (nSPS) is 22.9. The fourth-order valence-corrected chi connectivity index (χ4v) is 5.38. The van der Waals surface area contributed by atoms with E-state index in [1.165, 1.54) is 9.80 Å². The van der Waals surface area contributed by atoms with Gasteiger partial charge in [0, 0.05) is 26.2 Å². The molecule has 3 fully saturated rings. The second-order valence-electron chi connectivity index (χ2n) is 9.66. The molecule has 4 amide bonds. The number of benzene rings is 2. The zero-order valence-electron chi connectivity index (χ0n) is 20.0. The predicted octanol–water partition coefficient (Wildman–Crippen LogP) is 2.38. The van der Waals surface area contributed by atoms with Crippen LogP contribution in [0, 0.1) is 11.8 Å². The SMILES string of the molecule is O=C(O)[C@@H]1[C@@H](CC2CCNCC2)C(=O)N1C(=O)N1CCN(C(=O)Oc2ccc3ccccc3c2)CC1. The van der Waals surface area contributed by atoms with Crippen LogP contribution in [0.3, 0.4) is 0 Å². The van der Waals surface area contributed by atoms with Crippen molar-refractivity contribution in [3.8, 4) is 5.75 Å². The van der Waals surface area contributed by atoms with Gasteiger partial charge in [-0.1, -0.05) is 30.3 Å². The van der Waals surface area contributed by atoms with Crippen LogP contribution in [0.25, 0.3) is 10.8 Å². The molecule has 3 saturated heterocycles. The Morgan fingerprint density at radius 3 is 2.31 bits per heavy atom. The molecule has 2 aromatic carbocycles. The highest BCUT2D eigenvalue weighted by Gasteiger charge is 2.56. The zero-order chi connectivity index (χ0) is 25.2. The van der Waals surface area contributed by atoms with E-state index in [-0.39, 0.29) is 32.1 Å². The number of carbonyl (C=O) groups excluding carboxylic acids is 3. The van der Waals surface area contributed by atoms with Gasteiger partial charge in [0.05, 0.1) is 5.92 Å². The van der Waals surface area contributed by atoms with Crippen molar-refractivity contribution in [1.29, 1.82) is 0 Å². The van der Waals surface area contributed by atoms with Crippen molar-refractivity contribution in [3.63, 3.8) is 0 Å². The monoisotopic (exact) mass is 494 g/mol. The van der Waals surface area contributed by atoms with E-state index in [9.17, 15) is 24.3 Å². The molecular weight excluding hydrogens is 464 g/mol. The third-order valence-corrected chi connectivity index (χ3v) is 7.45. The van der Waals surface area contributed by atoms with Crippen molar-refractivity contribution < 1.29 is 29.0 Å². The summed E-state index contributed by atoms with van der Waals surface area (Å²) in [5, 5.41) is 15.0. The molecule has 0 spiro atoms. The average molecular weight is 495 g/mol. The number of carboxylic acids is 1. The minimum Gasteiger partial charge on any atom is -0.480 e. The van der Waals surface area contributed by atoms with Crippen molar-refractivity contribution >= 4 is 34.8 Å². The maximum Gasteiger partial charge on any atom is 0.415 e. The summed E-state index contributed by atoms with van der Waals surface area (Å²) in [7, 11) is 0. The lowest BCUT2D eigenvalue weighted by atomic mass is 9.78. The van der Waals surface area contributed by atoms with Crippen LogP contribution in [0.5, 0.6) is 5.75 Å². The number of piperidine rings is 1. The number of piperazine rings is 1. The van der Waals surface area contributed by atoms with E-state index in [0.29, 0.717) is 12.2 Å². The summed E-state index contributed by atoms with van der Waals surface area (Å²) in [4.78, 5) is 54.3. The minimum absolute atomic E-state index is 0.195. The van der Waals surface area contributed by atoms with Gasteiger partial charge in [-0.25, -0.2) is 19.3 Å². The molecule has 36 heavy (non-hydrogen) atoms. The van der Waals surface area contributed by atoms with Crippen LogP contribution in [0.4, 0.5) is 9.59 Å². The number of carbonyl (C=O) groups is 4. The first-order valence-corrected chi connectivity index (χ1v) is 12.4. The van der Waals surface area contributed by atoms with Crippen LogP contribution in [0.2, 0.25) is 0 Å². The van der Waals surface area contributed by atoms with E-state index >= 15 is 0 Å². The summed E-state index contributed by atoms with van der Waals surface area (Å²) in [5.41, 5.74) is 0. The van der Waals surface area contributed by atoms with Crippen LogP contribution < -0.4 is 10.1 Å². The quantitative estimate of drug-likeness (QED) is 0.627. The first-order valence-electron chi connectivity index (χ1n) is 12.4. The van der Waals surface area contributed by atoms with Gasteiger partial charge < -0.3 is 25.0 Å². The van der Waals surface area contributed by atoms with Gasteiger partial charge in [-0.3, -0.25) is 4.79 Å². The summed E-state index contributed by atoms with van der Waals surface area (Å²) in [6.07, 6.45) is 1.79. The average Bonchev–Trinajstić information content (AvgIpc) is 2.90. The number of hydrogen-bond donors (Lipinski definition) is 2. The minimum atomic E-state index is -1.15. The number of likely N-dealkylation sites (tertiary alicyclic amines) is 1. The Hall–Kier alpha value is -3.66. The largest absolute Gasteiger partial charge is 0.480 e. The summed E-state index contributed by atoms with van der Waals surface area (Å²) < 4.78 is 5.53. The van der Waals surface area contributed by atoms with E-state index in [2.05, 4.69) is 5.32 Å². The molecule has 0 bridgehead atoms. The Labute approximate surface area is 208 Å². The van der Waals surface area contributed by atoms with Gasteiger partial charge in [0.15, 0.2) is 6.04 Å². The predicted molar refractivity (Wildman–Crippen MR) is 130 cm³/mol. The molecule has 0 unspecified atom stereocenters. The molecule has 2 atom stereocenters. The van der Waals surface area contributed by atoms with Crippen LogP contribution in [-0.4, -0.2) is 89.1 Å². The van der Waals surface area contributed by atoms with Gasteiger partial charge in [-0.15, -0.1) is 0 Å². The summed E-state index contributed by atoms with van der Waals surface area (Å²) in [5.74, 6) is -1.50. The number of rotatable bonds is 4. The van der Waals surface area contributed by atoms with Crippen molar-refractivity contribution in [2.75, 3.05) is 39.3 Å². The number of ether oxygens (including phenoxy) is 1. The van der Waals surface area contributed by atoms with Gasteiger partial charge in [-0.05, 0) is 61.2 Å². The Bertz CT molecular complexity index is 1170. The number of imide groups is 1. The first-order chi connectivity index (χ1) is 17.4. The molecule has 0 saturated carbocycles. The van der Waals surface area contributed by atoms with Crippen LogP contribution >= 0.6 is 0 Å². The highest BCUT2D eigenvalue weighted by Crippen LogP contribution is 2.35. The van der Waals surface area contributed by atoms with E-state index in [1.54, 1.807) is 12.1 Å². The summed E-state index contributed by atoms with van der Waals surface area (Å²) in [6.45, 7) is 2.58. The number of aliphatic carboxylic acids is 1. The van der Waals surface area contributed by atoms with E-state index in [0.717, 1.165) is 41.6 Å². The van der Waals surface area contributed by atoms with E-state index in [1.807, 2.05) is 30.3 Å². The molecule has 3 aliphatic rings. The summed E-state index contributed by atoms with van der Waals surface area (Å²) >= 11 is 0. The Balaban J connectivity index is 1.15. The first kappa shape index (κ1) is 24.1. The summed E-state index contributed by atoms with van der Waals surface area (Å²) in [6, 6.07) is 11.5. The molecule has 2 N–H and O–H groups in total. The third kappa shape index (κ3) is 4.73. The molecule has 0 radical (unpaired) electrons. The fourth-order valence-electron chi connectivity index (χ4n) is 5.38. The number of nitrogens with one attached hydrogen (secondary N) is 1. The fraction of sp³-hybridized carbons (Fsp3) is 0.462. The number of nitrogens with zero attached hydrogens (tertiary/aromatic N) is 3. The second-order valence-corrected chi connectivity index (χ2v) is 9.66. The molecular formula is C26H30N4O6. The maximum absolute atomic E-state index is 13.1. The number of β-lactam (4-membered cyclic amide) rings is 1. The maximum atomic E-state index is 13.1. The number of fused-ring (bicyclic) bond motifs is 1.